The summed E-state index contributed by atoms with van der Waals surface area (Å²) in [6.45, 7) is 0.699. The molecule has 2 aliphatic rings. The van der Waals surface area contributed by atoms with Crippen molar-refractivity contribution in [3.05, 3.63) is 29.8 Å². The van der Waals surface area contributed by atoms with Crippen molar-refractivity contribution in [2.24, 2.45) is 17.8 Å². The number of amides is 1. The highest BCUT2D eigenvalue weighted by Gasteiger charge is 2.47. The van der Waals surface area contributed by atoms with E-state index in [-0.39, 0.29) is 11.8 Å². The number of hydrogen-bond acceptors (Lipinski definition) is 2. The summed E-state index contributed by atoms with van der Waals surface area (Å²) in [5.74, 6) is 3.16. The molecule has 2 unspecified atom stereocenters. The molecule has 3 rings (SSSR count). The minimum absolute atomic E-state index is 0.252. The molecule has 1 amide bonds. The van der Waals surface area contributed by atoms with Crippen LogP contribution in [0.5, 0.6) is 5.75 Å². The van der Waals surface area contributed by atoms with Gasteiger partial charge in [0.15, 0.2) is 0 Å². The Bertz CT molecular complexity index is 462. The predicted octanol–water partition coefficient (Wildman–Crippen LogP) is 2.40. The molecule has 0 bridgehead atoms. The maximum absolute atomic E-state index is 12.0. The minimum atomic E-state index is 0.252. The number of para-hydroxylation sites is 1. The van der Waals surface area contributed by atoms with Crippen LogP contribution in [0.15, 0.2) is 24.3 Å². The first-order valence-electron chi connectivity index (χ1n) is 7.17. The van der Waals surface area contributed by atoms with Crippen LogP contribution in [0.4, 0.5) is 0 Å². The number of methoxy groups -OCH3 is 1. The maximum atomic E-state index is 12.0. The zero-order valence-corrected chi connectivity index (χ0v) is 11.4. The Morgan fingerprint density at radius 2 is 2.00 bits per heavy atom. The van der Waals surface area contributed by atoms with Gasteiger partial charge in [-0.1, -0.05) is 18.2 Å². The third-order valence-electron chi connectivity index (χ3n) is 4.50. The molecule has 0 aliphatic heterocycles. The van der Waals surface area contributed by atoms with Crippen molar-refractivity contribution in [3.63, 3.8) is 0 Å². The first kappa shape index (κ1) is 12.5. The number of carbonyl (C=O) groups excluding carboxylic acids is 1. The van der Waals surface area contributed by atoms with E-state index in [1.54, 1.807) is 7.11 Å². The highest BCUT2D eigenvalue weighted by molar-refractivity contribution is 5.79. The van der Waals surface area contributed by atoms with E-state index in [4.69, 9.17) is 4.74 Å². The third-order valence-corrected chi connectivity index (χ3v) is 4.50. The maximum Gasteiger partial charge on any atom is 0.223 e. The van der Waals surface area contributed by atoms with Gasteiger partial charge in [0, 0.05) is 12.5 Å². The number of fused-ring (bicyclic) bond motifs is 1. The van der Waals surface area contributed by atoms with Gasteiger partial charge in [0.2, 0.25) is 5.91 Å². The fourth-order valence-corrected chi connectivity index (χ4v) is 3.30. The molecule has 0 saturated heterocycles. The van der Waals surface area contributed by atoms with Gasteiger partial charge in [-0.2, -0.15) is 0 Å². The van der Waals surface area contributed by atoms with Crippen LogP contribution >= 0.6 is 0 Å². The van der Waals surface area contributed by atoms with Crippen molar-refractivity contribution >= 4 is 5.91 Å². The van der Waals surface area contributed by atoms with E-state index in [9.17, 15) is 4.79 Å². The third kappa shape index (κ3) is 2.75. The molecule has 3 nitrogen and oxygen atoms in total. The number of benzene rings is 1. The fourth-order valence-electron chi connectivity index (χ4n) is 3.30. The van der Waals surface area contributed by atoms with Gasteiger partial charge in [-0.15, -0.1) is 0 Å². The molecule has 0 radical (unpaired) electrons. The highest BCUT2D eigenvalue weighted by atomic mass is 16.5. The van der Waals surface area contributed by atoms with Crippen LogP contribution in [0.3, 0.4) is 0 Å². The summed E-state index contributed by atoms with van der Waals surface area (Å²) >= 11 is 0. The molecule has 0 aromatic heterocycles. The number of hydrogen-bond donors (Lipinski definition) is 1. The van der Waals surface area contributed by atoms with Crippen molar-refractivity contribution in [3.8, 4) is 5.75 Å². The molecule has 2 fully saturated rings. The summed E-state index contributed by atoms with van der Waals surface area (Å²) in [5, 5.41) is 3.07. The standard InChI is InChI=1S/C16H21NO2/c1-19-15-5-3-2-4-11(15)6-7-17-16(18)14-9-12-8-13(12)10-14/h2-5,12-14H,6-10H2,1H3,(H,17,18). The summed E-state index contributed by atoms with van der Waals surface area (Å²) < 4.78 is 5.31. The molecule has 0 heterocycles. The van der Waals surface area contributed by atoms with Gasteiger partial charge in [0.1, 0.15) is 5.75 Å². The molecule has 2 aliphatic carbocycles. The minimum Gasteiger partial charge on any atom is -0.496 e. The van der Waals surface area contributed by atoms with Crippen LogP contribution in [-0.4, -0.2) is 19.6 Å². The van der Waals surface area contributed by atoms with E-state index in [1.807, 2.05) is 18.2 Å². The summed E-state index contributed by atoms with van der Waals surface area (Å²) in [6.07, 6.45) is 4.43. The number of carbonyl (C=O) groups is 1. The predicted molar refractivity (Wildman–Crippen MR) is 74.0 cm³/mol. The average molecular weight is 259 g/mol. The van der Waals surface area contributed by atoms with E-state index in [0.29, 0.717) is 6.54 Å². The lowest BCUT2D eigenvalue weighted by Crippen LogP contribution is -2.31. The summed E-state index contributed by atoms with van der Waals surface area (Å²) in [7, 11) is 1.68. The van der Waals surface area contributed by atoms with Gasteiger partial charge in [-0.25, -0.2) is 0 Å². The molecular formula is C16H21NO2. The number of nitrogens with one attached hydrogen (secondary N) is 1. The molecular weight excluding hydrogens is 238 g/mol. The Morgan fingerprint density at radius 1 is 1.26 bits per heavy atom. The normalized spacial score (nSPS) is 27.7. The molecule has 2 saturated carbocycles. The molecule has 3 heteroatoms. The van der Waals surface area contributed by atoms with Crippen LogP contribution < -0.4 is 10.1 Å². The van der Waals surface area contributed by atoms with Crippen molar-refractivity contribution in [2.45, 2.75) is 25.7 Å². The second-order valence-electron chi connectivity index (χ2n) is 5.78. The summed E-state index contributed by atoms with van der Waals surface area (Å²) in [6, 6.07) is 7.98. The molecule has 102 valence electrons. The van der Waals surface area contributed by atoms with Crippen LogP contribution in [-0.2, 0) is 11.2 Å². The quantitative estimate of drug-likeness (QED) is 0.881. The molecule has 0 spiro atoms. The zero-order chi connectivity index (χ0) is 13.2. The van der Waals surface area contributed by atoms with Crippen molar-refractivity contribution in [1.82, 2.24) is 5.32 Å². The van der Waals surface area contributed by atoms with Gasteiger partial charge in [-0.3, -0.25) is 4.79 Å². The highest BCUT2D eigenvalue weighted by Crippen LogP contribution is 2.54. The monoisotopic (exact) mass is 259 g/mol. The van der Waals surface area contributed by atoms with E-state index in [2.05, 4.69) is 11.4 Å². The van der Waals surface area contributed by atoms with E-state index in [0.717, 1.165) is 42.4 Å². The summed E-state index contributed by atoms with van der Waals surface area (Å²) in [4.78, 5) is 12.0. The van der Waals surface area contributed by atoms with Gasteiger partial charge < -0.3 is 10.1 Å². The Balaban J connectivity index is 1.46. The molecule has 1 aromatic carbocycles. The van der Waals surface area contributed by atoms with Crippen molar-refractivity contribution in [2.75, 3.05) is 13.7 Å². The molecule has 19 heavy (non-hydrogen) atoms. The lowest BCUT2D eigenvalue weighted by Gasteiger charge is -2.13. The van der Waals surface area contributed by atoms with Gasteiger partial charge >= 0.3 is 0 Å². The van der Waals surface area contributed by atoms with Crippen LogP contribution in [0.25, 0.3) is 0 Å². The molecule has 1 aromatic rings. The summed E-state index contributed by atoms with van der Waals surface area (Å²) in [5.41, 5.74) is 1.15. The van der Waals surface area contributed by atoms with Crippen molar-refractivity contribution < 1.29 is 9.53 Å². The van der Waals surface area contributed by atoms with Crippen LogP contribution in [0.1, 0.15) is 24.8 Å². The topological polar surface area (TPSA) is 38.3 Å². The van der Waals surface area contributed by atoms with Crippen LogP contribution in [0, 0.1) is 17.8 Å². The van der Waals surface area contributed by atoms with Gasteiger partial charge in [-0.05, 0) is 49.1 Å². The number of ether oxygens (including phenoxy) is 1. The van der Waals surface area contributed by atoms with Gasteiger partial charge in [0.05, 0.1) is 7.11 Å². The second-order valence-corrected chi connectivity index (χ2v) is 5.78. The smallest absolute Gasteiger partial charge is 0.223 e. The van der Waals surface area contributed by atoms with Crippen molar-refractivity contribution in [1.29, 1.82) is 0 Å². The largest absolute Gasteiger partial charge is 0.496 e. The van der Waals surface area contributed by atoms with E-state index < -0.39 is 0 Å². The zero-order valence-electron chi connectivity index (χ0n) is 11.4. The number of rotatable bonds is 5. The fraction of sp³-hybridized carbons (Fsp3) is 0.562. The Morgan fingerprint density at radius 3 is 2.74 bits per heavy atom. The average Bonchev–Trinajstić information content (AvgIpc) is 3.05. The lowest BCUT2D eigenvalue weighted by atomic mass is 10.0. The lowest BCUT2D eigenvalue weighted by molar-refractivity contribution is -0.125. The molecule has 1 N–H and O–H groups in total. The second kappa shape index (κ2) is 5.24. The first-order chi connectivity index (χ1) is 9.28. The first-order valence-corrected chi connectivity index (χ1v) is 7.17. The van der Waals surface area contributed by atoms with Crippen LogP contribution in [0.2, 0.25) is 0 Å². The Labute approximate surface area is 114 Å². The Kier molecular flexibility index (Phi) is 3.45. The van der Waals surface area contributed by atoms with E-state index >= 15 is 0 Å². The van der Waals surface area contributed by atoms with E-state index in [1.165, 1.54) is 6.42 Å². The molecule has 2 atom stereocenters. The SMILES string of the molecule is COc1ccccc1CCNC(=O)C1CC2CC2C1. The Hall–Kier alpha value is -1.51. The van der Waals surface area contributed by atoms with Gasteiger partial charge in [0.25, 0.3) is 0 Å².